The Kier molecular flexibility index (Phi) is 6.04. The van der Waals surface area contributed by atoms with Gasteiger partial charge in [-0.1, -0.05) is 6.42 Å². The molecular formula is C22H24N2O6. The molecule has 1 fully saturated rings. The lowest BCUT2D eigenvalue weighted by Crippen LogP contribution is -2.33. The zero-order valence-corrected chi connectivity index (χ0v) is 16.8. The topological polar surface area (TPSA) is 94.3 Å². The molecule has 158 valence electrons. The molecule has 8 heteroatoms. The van der Waals surface area contributed by atoms with Crippen LogP contribution in [0.5, 0.6) is 28.9 Å². The first-order chi connectivity index (χ1) is 14.7. The van der Waals surface area contributed by atoms with Gasteiger partial charge in [0.25, 0.3) is 5.95 Å². The molecule has 0 atom stereocenters. The molecule has 0 saturated carbocycles. The smallest absolute Gasteiger partial charge is 0.294 e. The van der Waals surface area contributed by atoms with E-state index in [2.05, 4.69) is 9.88 Å². The van der Waals surface area contributed by atoms with Crippen molar-refractivity contribution in [3.8, 4) is 28.9 Å². The average Bonchev–Trinajstić information content (AvgIpc) is 2.75. The number of piperidine rings is 1. The molecule has 1 saturated heterocycles. The van der Waals surface area contributed by atoms with Crippen LogP contribution in [0.25, 0.3) is 11.0 Å². The predicted molar refractivity (Wildman–Crippen MR) is 111 cm³/mol. The molecule has 0 aliphatic carbocycles. The Bertz CT molecular complexity index is 1060. The van der Waals surface area contributed by atoms with E-state index >= 15 is 0 Å². The van der Waals surface area contributed by atoms with Crippen molar-refractivity contribution in [1.82, 2.24) is 9.88 Å². The fourth-order valence-electron chi connectivity index (χ4n) is 3.58. The molecule has 1 aliphatic rings. The number of phenols is 1. The number of benzene rings is 1. The molecule has 0 amide bonds. The number of methoxy groups -OCH3 is 1. The van der Waals surface area contributed by atoms with Crippen molar-refractivity contribution in [1.29, 1.82) is 0 Å². The first kappa shape index (κ1) is 20.0. The number of hydrogen-bond donors (Lipinski definition) is 1. The van der Waals surface area contributed by atoms with E-state index < -0.39 is 5.43 Å². The minimum absolute atomic E-state index is 0.00235. The van der Waals surface area contributed by atoms with Crippen LogP contribution in [0.1, 0.15) is 19.3 Å². The zero-order chi connectivity index (χ0) is 20.9. The monoisotopic (exact) mass is 412 g/mol. The number of ether oxygens (including phenoxy) is 3. The lowest BCUT2D eigenvalue weighted by atomic mass is 10.1. The third-order valence-corrected chi connectivity index (χ3v) is 5.08. The van der Waals surface area contributed by atoms with Gasteiger partial charge in [0.15, 0.2) is 11.5 Å². The van der Waals surface area contributed by atoms with Gasteiger partial charge in [-0.15, -0.1) is 0 Å². The number of nitrogens with zero attached hydrogens (tertiary/aromatic N) is 2. The van der Waals surface area contributed by atoms with Crippen molar-refractivity contribution >= 4 is 11.0 Å². The summed E-state index contributed by atoms with van der Waals surface area (Å²) in [6.07, 6.45) is 6.81. The molecule has 4 rings (SSSR count). The molecular weight excluding hydrogens is 388 g/mol. The minimum Gasteiger partial charge on any atom is -0.504 e. The normalized spacial score (nSPS) is 14.6. The highest BCUT2D eigenvalue weighted by Crippen LogP contribution is 2.42. The molecule has 0 bridgehead atoms. The number of likely N-dealkylation sites (tertiary alicyclic amines) is 1. The van der Waals surface area contributed by atoms with Crippen molar-refractivity contribution in [3.63, 3.8) is 0 Å². The Balaban J connectivity index is 1.61. The molecule has 0 spiro atoms. The van der Waals surface area contributed by atoms with Gasteiger partial charge in [0.05, 0.1) is 13.2 Å². The van der Waals surface area contributed by atoms with E-state index in [-0.39, 0.29) is 28.4 Å². The van der Waals surface area contributed by atoms with Crippen LogP contribution in [0, 0.1) is 0 Å². The number of pyridine rings is 1. The maximum absolute atomic E-state index is 12.6. The fourth-order valence-corrected chi connectivity index (χ4v) is 3.58. The van der Waals surface area contributed by atoms with Gasteiger partial charge in [-0.2, -0.15) is 0 Å². The fraction of sp³-hybridized carbons (Fsp3) is 0.364. The summed E-state index contributed by atoms with van der Waals surface area (Å²) in [5.41, 5.74) is -0.297. The predicted octanol–water partition coefficient (Wildman–Crippen LogP) is 3.56. The highest BCUT2D eigenvalue weighted by Gasteiger charge is 2.20. The van der Waals surface area contributed by atoms with E-state index in [0.29, 0.717) is 18.1 Å². The lowest BCUT2D eigenvalue weighted by molar-refractivity contribution is 0.180. The van der Waals surface area contributed by atoms with Crippen molar-refractivity contribution in [2.24, 2.45) is 0 Å². The van der Waals surface area contributed by atoms with Gasteiger partial charge in [-0.3, -0.25) is 14.7 Å². The van der Waals surface area contributed by atoms with Crippen molar-refractivity contribution in [2.75, 3.05) is 33.4 Å². The van der Waals surface area contributed by atoms with Crippen molar-refractivity contribution < 1.29 is 23.7 Å². The Hall–Kier alpha value is -3.26. The number of aromatic nitrogens is 1. The highest BCUT2D eigenvalue weighted by molar-refractivity contribution is 5.88. The van der Waals surface area contributed by atoms with Crippen LogP contribution < -0.4 is 19.6 Å². The van der Waals surface area contributed by atoms with E-state index in [1.807, 2.05) is 0 Å². The zero-order valence-electron chi connectivity index (χ0n) is 16.8. The summed E-state index contributed by atoms with van der Waals surface area (Å²) in [6.45, 7) is 3.33. The van der Waals surface area contributed by atoms with Gasteiger partial charge in [0.1, 0.15) is 23.3 Å². The third kappa shape index (κ3) is 4.33. The Morgan fingerprint density at radius 1 is 1.17 bits per heavy atom. The molecule has 3 aromatic rings. The van der Waals surface area contributed by atoms with Crippen LogP contribution in [-0.4, -0.2) is 48.3 Å². The maximum atomic E-state index is 12.6. The third-order valence-electron chi connectivity index (χ3n) is 5.08. The van der Waals surface area contributed by atoms with Gasteiger partial charge < -0.3 is 23.7 Å². The summed E-state index contributed by atoms with van der Waals surface area (Å²) >= 11 is 0. The van der Waals surface area contributed by atoms with Crippen LogP contribution in [0.4, 0.5) is 0 Å². The van der Waals surface area contributed by atoms with Gasteiger partial charge in [-0.25, -0.2) is 0 Å². The molecule has 1 aromatic carbocycles. The quantitative estimate of drug-likeness (QED) is 0.630. The number of rotatable bonds is 7. The highest BCUT2D eigenvalue weighted by atomic mass is 16.6. The SMILES string of the molecule is COc1c(OCCN2CCCCC2)cc2oc(Oc3ccncc3)cc(=O)c2c1O. The largest absolute Gasteiger partial charge is 0.504 e. The second-order valence-corrected chi connectivity index (χ2v) is 7.10. The number of hydrogen-bond acceptors (Lipinski definition) is 8. The van der Waals surface area contributed by atoms with Gasteiger partial charge in [-0.05, 0) is 38.1 Å². The first-order valence-corrected chi connectivity index (χ1v) is 9.96. The summed E-state index contributed by atoms with van der Waals surface area (Å²) in [5.74, 6) is 0.581. The van der Waals surface area contributed by atoms with Gasteiger partial charge >= 0.3 is 0 Å². The molecule has 3 heterocycles. The van der Waals surface area contributed by atoms with Crippen molar-refractivity contribution in [2.45, 2.75) is 19.3 Å². The molecule has 2 aromatic heterocycles. The van der Waals surface area contributed by atoms with E-state index in [4.69, 9.17) is 18.6 Å². The van der Waals surface area contributed by atoms with Gasteiger partial charge in [0.2, 0.25) is 11.2 Å². The maximum Gasteiger partial charge on any atom is 0.294 e. The minimum atomic E-state index is -0.448. The second-order valence-electron chi connectivity index (χ2n) is 7.10. The molecule has 1 aliphatic heterocycles. The Morgan fingerprint density at radius 3 is 2.67 bits per heavy atom. The summed E-state index contributed by atoms with van der Waals surface area (Å²) < 4.78 is 22.5. The van der Waals surface area contributed by atoms with Crippen LogP contribution in [0.15, 0.2) is 45.9 Å². The average molecular weight is 412 g/mol. The van der Waals surface area contributed by atoms with E-state index in [1.165, 1.54) is 32.4 Å². The van der Waals surface area contributed by atoms with Crippen LogP contribution >= 0.6 is 0 Å². The van der Waals surface area contributed by atoms with Crippen molar-refractivity contribution in [3.05, 3.63) is 46.9 Å². The second kappa shape index (κ2) is 9.04. The Labute approximate surface area is 173 Å². The standard InChI is InChI=1S/C22H24N2O6/c1-27-22-18(28-12-11-24-9-3-2-4-10-24)14-17-20(21(22)26)16(25)13-19(30-17)29-15-5-7-23-8-6-15/h5-8,13-14,26H,2-4,9-12H2,1H3. The van der Waals surface area contributed by atoms with E-state index in [1.54, 1.807) is 30.6 Å². The van der Waals surface area contributed by atoms with Crippen LogP contribution in [0.3, 0.4) is 0 Å². The first-order valence-electron chi connectivity index (χ1n) is 9.96. The van der Waals surface area contributed by atoms with E-state index in [0.717, 1.165) is 19.6 Å². The molecule has 8 nitrogen and oxygen atoms in total. The van der Waals surface area contributed by atoms with Crippen LogP contribution in [-0.2, 0) is 0 Å². The molecule has 0 unspecified atom stereocenters. The summed E-state index contributed by atoms with van der Waals surface area (Å²) in [4.78, 5) is 18.9. The summed E-state index contributed by atoms with van der Waals surface area (Å²) in [6, 6.07) is 6.01. The van der Waals surface area contributed by atoms with Crippen LogP contribution in [0.2, 0.25) is 0 Å². The lowest BCUT2D eigenvalue weighted by Gasteiger charge is -2.26. The number of fused-ring (bicyclic) bond motifs is 1. The van der Waals surface area contributed by atoms with Gasteiger partial charge in [0, 0.05) is 25.0 Å². The van der Waals surface area contributed by atoms with E-state index in [9.17, 15) is 9.90 Å². The molecule has 1 N–H and O–H groups in total. The summed E-state index contributed by atoms with van der Waals surface area (Å²) in [5, 5.41) is 10.6. The Morgan fingerprint density at radius 2 is 1.93 bits per heavy atom. The molecule has 0 radical (unpaired) electrons. The number of phenolic OH excluding ortho intramolecular Hbond substituents is 1. The summed E-state index contributed by atoms with van der Waals surface area (Å²) in [7, 11) is 1.42. The number of aromatic hydroxyl groups is 1. The molecule has 30 heavy (non-hydrogen) atoms.